The molecule has 31 heavy (non-hydrogen) atoms. The Bertz CT molecular complexity index is 831. The van der Waals surface area contributed by atoms with E-state index in [9.17, 15) is 24.2 Å². The smallest absolute Gasteiger partial charge is 0.320 e. The van der Waals surface area contributed by atoms with Crippen LogP contribution in [-0.2, 0) is 11.3 Å². The summed E-state index contributed by atoms with van der Waals surface area (Å²) in [7, 11) is 0. The first-order chi connectivity index (χ1) is 14.5. The monoisotopic (exact) mass is 434 g/mol. The molecule has 0 saturated heterocycles. The van der Waals surface area contributed by atoms with Gasteiger partial charge < -0.3 is 15.1 Å². The standard InChI is InChI=1S/C24H35FN2O4/c1-14(2)11-18(23(30)31)26-24(3,4)17-8-5-15(6-9-17)12-27-13-16-7-10-19(28)21(25)20(16)22(27)29/h7,10,14-15,17-18,26,28H,5-6,8-9,11-13H2,1-4H3,(H,30,31)/t15?,17?,18-/m1/s1. The van der Waals surface area contributed by atoms with Crippen molar-refractivity contribution in [1.29, 1.82) is 0 Å². The average Bonchev–Trinajstić information content (AvgIpc) is 3.00. The molecule has 1 aromatic carbocycles. The van der Waals surface area contributed by atoms with Gasteiger partial charge in [0.2, 0.25) is 0 Å². The summed E-state index contributed by atoms with van der Waals surface area (Å²) < 4.78 is 14.2. The van der Waals surface area contributed by atoms with Crippen LogP contribution in [0, 0.1) is 23.6 Å². The summed E-state index contributed by atoms with van der Waals surface area (Å²) in [5.41, 5.74) is 0.344. The second-order valence-electron chi connectivity index (χ2n) is 10.2. The highest BCUT2D eigenvalue weighted by Gasteiger charge is 2.38. The van der Waals surface area contributed by atoms with Gasteiger partial charge in [0, 0.05) is 18.6 Å². The number of hydrogen-bond acceptors (Lipinski definition) is 4. The number of carbonyl (C=O) groups is 2. The number of carbonyl (C=O) groups excluding carboxylic acids is 1. The van der Waals surface area contributed by atoms with Crippen molar-refractivity contribution in [3.8, 4) is 5.75 Å². The Morgan fingerprint density at radius 1 is 1.26 bits per heavy atom. The van der Waals surface area contributed by atoms with E-state index in [1.807, 2.05) is 13.8 Å². The van der Waals surface area contributed by atoms with Gasteiger partial charge in [-0.05, 0) is 75.3 Å². The van der Waals surface area contributed by atoms with Crippen LogP contribution in [0.1, 0.15) is 75.7 Å². The van der Waals surface area contributed by atoms with E-state index in [0.717, 1.165) is 25.7 Å². The summed E-state index contributed by atoms with van der Waals surface area (Å²) in [5, 5.41) is 22.5. The first kappa shape index (κ1) is 23.5. The number of hydrogen-bond donors (Lipinski definition) is 3. The molecule has 0 aromatic heterocycles. The first-order valence-corrected chi connectivity index (χ1v) is 11.3. The lowest BCUT2D eigenvalue weighted by Gasteiger charge is -2.42. The number of aliphatic carboxylic acids is 1. The predicted octanol–water partition coefficient (Wildman–Crippen LogP) is 4.16. The molecule has 1 aromatic rings. The predicted molar refractivity (Wildman–Crippen MR) is 116 cm³/mol. The summed E-state index contributed by atoms with van der Waals surface area (Å²) in [5.74, 6) is -1.45. The Morgan fingerprint density at radius 3 is 2.48 bits per heavy atom. The molecule has 3 rings (SSSR count). The van der Waals surface area contributed by atoms with Gasteiger partial charge in [0.15, 0.2) is 11.6 Å². The zero-order valence-corrected chi connectivity index (χ0v) is 18.9. The summed E-state index contributed by atoms with van der Waals surface area (Å²) in [6.07, 6.45) is 4.42. The minimum atomic E-state index is -0.823. The lowest BCUT2D eigenvalue weighted by atomic mass is 9.72. The fraction of sp³-hybridized carbons (Fsp3) is 0.667. The van der Waals surface area contributed by atoms with Crippen LogP contribution in [0.25, 0.3) is 0 Å². The molecule has 3 N–H and O–H groups in total. The number of halogens is 1. The zero-order chi connectivity index (χ0) is 22.9. The van der Waals surface area contributed by atoms with Gasteiger partial charge >= 0.3 is 5.97 Å². The van der Waals surface area contributed by atoms with Gasteiger partial charge in [-0.15, -0.1) is 0 Å². The first-order valence-electron chi connectivity index (χ1n) is 11.3. The number of carboxylic acid groups (broad SMARTS) is 1. The summed E-state index contributed by atoms with van der Waals surface area (Å²) in [6, 6.07) is 2.36. The minimum Gasteiger partial charge on any atom is -0.505 e. The number of phenolic OH excluding ortho intramolecular Hbond substituents is 1. The van der Waals surface area contributed by atoms with E-state index in [-0.39, 0.29) is 17.0 Å². The molecule has 1 amide bonds. The molecule has 7 heteroatoms. The number of phenols is 1. The average molecular weight is 435 g/mol. The van der Waals surface area contributed by atoms with Crippen molar-refractivity contribution >= 4 is 11.9 Å². The van der Waals surface area contributed by atoms with E-state index >= 15 is 0 Å². The van der Waals surface area contributed by atoms with E-state index in [1.165, 1.54) is 6.07 Å². The summed E-state index contributed by atoms with van der Waals surface area (Å²) >= 11 is 0. The second-order valence-corrected chi connectivity index (χ2v) is 10.2. The number of nitrogens with one attached hydrogen (secondary N) is 1. The van der Waals surface area contributed by atoms with Gasteiger partial charge in [0.25, 0.3) is 5.91 Å². The number of benzene rings is 1. The number of rotatable bonds is 8. The zero-order valence-electron chi connectivity index (χ0n) is 18.9. The van der Waals surface area contributed by atoms with Crippen LogP contribution < -0.4 is 5.32 Å². The van der Waals surface area contributed by atoms with Crippen LogP contribution in [0.2, 0.25) is 0 Å². The van der Waals surface area contributed by atoms with Crippen molar-refractivity contribution in [2.75, 3.05) is 6.54 Å². The molecule has 2 aliphatic rings. The van der Waals surface area contributed by atoms with E-state index in [4.69, 9.17) is 0 Å². The molecule has 0 spiro atoms. The van der Waals surface area contributed by atoms with Crippen molar-refractivity contribution in [3.63, 3.8) is 0 Å². The summed E-state index contributed by atoms with van der Waals surface area (Å²) in [4.78, 5) is 26.0. The highest BCUT2D eigenvalue weighted by Crippen LogP contribution is 2.38. The second kappa shape index (κ2) is 9.15. The third kappa shape index (κ3) is 5.20. The number of amides is 1. The van der Waals surface area contributed by atoms with Crippen molar-refractivity contribution in [3.05, 3.63) is 29.1 Å². The van der Waals surface area contributed by atoms with Crippen LogP contribution in [0.4, 0.5) is 4.39 Å². The molecular formula is C24H35FN2O4. The molecule has 0 radical (unpaired) electrons. The SMILES string of the molecule is CC(C)C[C@@H](NC(C)(C)C1CCC(CN2Cc3ccc(O)c(F)c3C2=O)CC1)C(=O)O. The van der Waals surface area contributed by atoms with Crippen LogP contribution in [-0.4, -0.2) is 45.1 Å². The molecule has 1 fully saturated rings. The Labute approximate surface area is 183 Å². The molecule has 1 aliphatic heterocycles. The normalized spacial score (nSPS) is 22.6. The van der Waals surface area contributed by atoms with Crippen LogP contribution >= 0.6 is 0 Å². The fourth-order valence-electron chi connectivity index (χ4n) is 5.19. The molecule has 1 atom stereocenters. The topological polar surface area (TPSA) is 89.9 Å². The molecule has 172 valence electrons. The number of fused-ring (bicyclic) bond motifs is 1. The molecule has 1 saturated carbocycles. The molecule has 0 bridgehead atoms. The summed E-state index contributed by atoms with van der Waals surface area (Å²) in [6.45, 7) is 9.20. The fourth-order valence-corrected chi connectivity index (χ4v) is 5.19. The highest BCUT2D eigenvalue weighted by molar-refractivity contribution is 5.99. The third-order valence-corrected chi connectivity index (χ3v) is 6.97. The van der Waals surface area contributed by atoms with Crippen LogP contribution in [0.3, 0.4) is 0 Å². The van der Waals surface area contributed by atoms with Gasteiger partial charge in [-0.25, -0.2) is 4.39 Å². The van der Waals surface area contributed by atoms with Gasteiger partial charge in [-0.2, -0.15) is 0 Å². The molecule has 1 aliphatic carbocycles. The molecule has 6 nitrogen and oxygen atoms in total. The van der Waals surface area contributed by atoms with Gasteiger partial charge in [-0.3, -0.25) is 14.9 Å². The van der Waals surface area contributed by atoms with Gasteiger partial charge in [0.1, 0.15) is 6.04 Å². The van der Waals surface area contributed by atoms with E-state index in [2.05, 4.69) is 19.2 Å². The highest BCUT2D eigenvalue weighted by atomic mass is 19.1. The number of aromatic hydroxyl groups is 1. The van der Waals surface area contributed by atoms with Gasteiger partial charge in [-0.1, -0.05) is 19.9 Å². The largest absolute Gasteiger partial charge is 0.505 e. The lowest BCUT2D eigenvalue weighted by molar-refractivity contribution is -0.140. The van der Waals surface area contributed by atoms with Crippen molar-refractivity contribution < 1.29 is 24.2 Å². The Hall–Kier alpha value is -2.15. The minimum absolute atomic E-state index is 0.00360. The van der Waals surface area contributed by atoms with Crippen LogP contribution in [0.15, 0.2) is 12.1 Å². The quantitative estimate of drug-likeness (QED) is 0.572. The Kier molecular flexibility index (Phi) is 6.94. The Morgan fingerprint density at radius 2 is 1.90 bits per heavy atom. The molecule has 0 unspecified atom stereocenters. The number of carboxylic acids is 1. The molecule has 1 heterocycles. The van der Waals surface area contributed by atoms with Crippen molar-refractivity contribution in [2.24, 2.45) is 17.8 Å². The maximum Gasteiger partial charge on any atom is 0.320 e. The van der Waals surface area contributed by atoms with E-state index in [0.29, 0.717) is 42.8 Å². The van der Waals surface area contributed by atoms with E-state index in [1.54, 1.807) is 11.0 Å². The molecular weight excluding hydrogens is 399 g/mol. The number of nitrogens with zero attached hydrogens (tertiary/aromatic N) is 1. The lowest BCUT2D eigenvalue weighted by Crippen LogP contribution is -2.54. The maximum absolute atomic E-state index is 14.2. The van der Waals surface area contributed by atoms with Crippen molar-refractivity contribution in [2.45, 2.75) is 77.9 Å². The van der Waals surface area contributed by atoms with Crippen molar-refractivity contribution in [1.82, 2.24) is 10.2 Å². The maximum atomic E-state index is 14.2. The Balaban J connectivity index is 1.55. The van der Waals surface area contributed by atoms with Crippen LogP contribution in [0.5, 0.6) is 5.75 Å². The van der Waals surface area contributed by atoms with E-state index < -0.39 is 23.6 Å². The van der Waals surface area contributed by atoms with Gasteiger partial charge in [0.05, 0.1) is 5.56 Å². The third-order valence-electron chi connectivity index (χ3n) is 6.97.